The van der Waals surface area contributed by atoms with Crippen LogP contribution in [0.25, 0.3) is 0 Å². The van der Waals surface area contributed by atoms with Gasteiger partial charge in [-0.15, -0.1) is 6.58 Å². The molecule has 0 atom stereocenters. The molecule has 0 unspecified atom stereocenters. The highest BCUT2D eigenvalue weighted by molar-refractivity contribution is 4.96. The highest BCUT2D eigenvalue weighted by atomic mass is 16.5. The molecular formula is C8H14O2. The van der Waals surface area contributed by atoms with Gasteiger partial charge in [-0.25, -0.2) is 0 Å². The minimum absolute atomic E-state index is 0. The summed E-state index contributed by atoms with van der Waals surface area (Å²) in [6, 6.07) is 0. The van der Waals surface area contributed by atoms with Gasteiger partial charge in [-0.1, -0.05) is 30.9 Å². The number of hydrogen-bond donors (Lipinski definition) is 0. The standard InChI is InChI=1S/C8H12O.H2O/c1-3-5-6-8-9-7-4-2;/h3-6H,1-2,7-8H2;1H2. The van der Waals surface area contributed by atoms with E-state index in [1.165, 1.54) is 0 Å². The van der Waals surface area contributed by atoms with Crippen LogP contribution in [0.1, 0.15) is 0 Å². The first kappa shape index (κ1) is 11.9. The number of allylic oxidation sites excluding steroid dienone is 2. The Morgan fingerprint density at radius 2 is 1.90 bits per heavy atom. The van der Waals surface area contributed by atoms with Gasteiger partial charge >= 0.3 is 0 Å². The Kier molecular flexibility index (Phi) is 13.1. The Morgan fingerprint density at radius 3 is 2.40 bits per heavy atom. The molecule has 0 fully saturated rings. The average Bonchev–Trinajstić information content (AvgIpc) is 1.89. The monoisotopic (exact) mass is 142 g/mol. The van der Waals surface area contributed by atoms with Gasteiger partial charge in [-0.05, 0) is 0 Å². The zero-order valence-electron chi connectivity index (χ0n) is 6.05. The molecule has 0 radical (unpaired) electrons. The Balaban J connectivity index is 0. The van der Waals surface area contributed by atoms with Gasteiger partial charge in [0.15, 0.2) is 0 Å². The van der Waals surface area contributed by atoms with Gasteiger partial charge in [0.25, 0.3) is 0 Å². The third kappa shape index (κ3) is 10.2. The molecule has 0 heterocycles. The fourth-order valence-electron chi connectivity index (χ4n) is 0.371. The van der Waals surface area contributed by atoms with E-state index in [1.54, 1.807) is 12.2 Å². The lowest BCUT2D eigenvalue weighted by Crippen LogP contribution is -1.88. The SMILES string of the molecule is C=CC=CCOCC=C.O. The van der Waals surface area contributed by atoms with Gasteiger partial charge in [0.1, 0.15) is 0 Å². The second-order valence-electron chi connectivity index (χ2n) is 1.49. The van der Waals surface area contributed by atoms with Gasteiger partial charge in [0, 0.05) is 0 Å². The first-order chi connectivity index (χ1) is 4.41. The zero-order valence-corrected chi connectivity index (χ0v) is 6.05. The molecule has 2 N–H and O–H groups in total. The molecule has 0 saturated heterocycles. The summed E-state index contributed by atoms with van der Waals surface area (Å²) in [5.74, 6) is 0. The maximum absolute atomic E-state index is 5.03. The van der Waals surface area contributed by atoms with Crippen LogP contribution in [0.3, 0.4) is 0 Å². The smallest absolute Gasteiger partial charge is 0.0654 e. The molecule has 0 aliphatic carbocycles. The van der Waals surface area contributed by atoms with Crippen LogP contribution >= 0.6 is 0 Å². The maximum Gasteiger partial charge on any atom is 0.0654 e. The first-order valence-electron chi connectivity index (χ1n) is 2.88. The lowest BCUT2D eigenvalue weighted by molar-refractivity contribution is 0.194. The van der Waals surface area contributed by atoms with Crippen molar-refractivity contribution in [3.05, 3.63) is 37.5 Å². The fraction of sp³-hybridized carbons (Fsp3) is 0.250. The molecule has 2 heteroatoms. The van der Waals surface area contributed by atoms with Crippen molar-refractivity contribution in [1.29, 1.82) is 0 Å². The van der Waals surface area contributed by atoms with Crippen LogP contribution in [0.5, 0.6) is 0 Å². The van der Waals surface area contributed by atoms with E-state index in [1.807, 2.05) is 12.2 Å². The molecule has 0 saturated carbocycles. The van der Waals surface area contributed by atoms with Crippen molar-refractivity contribution in [1.82, 2.24) is 0 Å². The van der Waals surface area contributed by atoms with Gasteiger partial charge in [0.05, 0.1) is 13.2 Å². The van der Waals surface area contributed by atoms with Crippen LogP contribution in [0.15, 0.2) is 37.5 Å². The third-order valence-corrected chi connectivity index (χ3v) is 0.722. The topological polar surface area (TPSA) is 40.7 Å². The van der Waals surface area contributed by atoms with Crippen LogP contribution < -0.4 is 0 Å². The minimum Gasteiger partial charge on any atom is -0.412 e. The highest BCUT2D eigenvalue weighted by Crippen LogP contribution is 1.77. The lowest BCUT2D eigenvalue weighted by atomic mass is 10.5. The van der Waals surface area contributed by atoms with Gasteiger partial charge in [-0.2, -0.15) is 0 Å². The number of rotatable bonds is 5. The molecule has 10 heavy (non-hydrogen) atoms. The molecule has 0 aromatic carbocycles. The van der Waals surface area contributed by atoms with Gasteiger partial charge in [0.2, 0.25) is 0 Å². The molecule has 0 aliphatic heterocycles. The lowest BCUT2D eigenvalue weighted by Gasteiger charge is -1.91. The molecule has 0 aromatic heterocycles. The van der Waals surface area contributed by atoms with Crippen LogP contribution in [0.2, 0.25) is 0 Å². The number of hydrogen-bond acceptors (Lipinski definition) is 1. The second-order valence-corrected chi connectivity index (χ2v) is 1.49. The number of ether oxygens (including phenoxy) is 1. The van der Waals surface area contributed by atoms with Crippen LogP contribution in [0.4, 0.5) is 0 Å². The summed E-state index contributed by atoms with van der Waals surface area (Å²) in [5.41, 5.74) is 0. The Morgan fingerprint density at radius 1 is 1.20 bits per heavy atom. The molecule has 0 aliphatic rings. The van der Waals surface area contributed by atoms with Crippen LogP contribution in [-0.2, 0) is 4.74 Å². The third-order valence-electron chi connectivity index (χ3n) is 0.722. The molecule has 0 aromatic rings. The summed E-state index contributed by atoms with van der Waals surface area (Å²) in [6.07, 6.45) is 7.19. The molecule has 58 valence electrons. The fourth-order valence-corrected chi connectivity index (χ4v) is 0.371. The van der Waals surface area contributed by atoms with Gasteiger partial charge < -0.3 is 10.2 Å². The van der Waals surface area contributed by atoms with Crippen LogP contribution in [0, 0.1) is 0 Å². The van der Waals surface area contributed by atoms with E-state index >= 15 is 0 Å². The van der Waals surface area contributed by atoms with E-state index in [2.05, 4.69) is 13.2 Å². The first-order valence-corrected chi connectivity index (χ1v) is 2.88. The van der Waals surface area contributed by atoms with Crippen molar-refractivity contribution < 1.29 is 10.2 Å². The molecule has 0 amide bonds. The zero-order chi connectivity index (χ0) is 6.95. The van der Waals surface area contributed by atoms with Crippen LogP contribution in [-0.4, -0.2) is 18.7 Å². The van der Waals surface area contributed by atoms with Gasteiger partial charge in [-0.3, -0.25) is 0 Å². The van der Waals surface area contributed by atoms with E-state index in [0.717, 1.165) is 0 Å². The maximum atomic E-state index is 5.03. The average molecular weight is 142 g/mol. The molecule has 2 nitrogen and oxygen atoms in total. The van der Waals surface area contributed by atoms with Crippen molar-refractivity contribution in [2.45, 2.75) is 0 Å². The summed E-state index contributed by atoms with van der Waals surface area (Å²) >= 11 is 0. The predicted molar refractivity (Wildman–Crippen MR) is 44.0 cm³/mol. The summed E-state index contributed by atoms with van der Waals surface area (Å²) in [4.78, 5) is 0. The summed E-state index contributed by atoms with van der Waals surface area (Å²) < 4.78 is 5.03. The van der Waals surface area contributed by atoms with E-state index in [0.29, 0.717) is 13.2 Å². The van der Waals surface area contributed by atoms with Crippen molar-refractivity contribution in [3.8, 4) is 0 Å². The Labute approximate surface area is 61.8 Å². The largest absolute Gasteiger partial charge is 0.412 e. The quantitative estimate of drug-likeness (QED) is 0.322. The normalized spacial score (nSPS) is 8.80. The Bertz CT molecular complexity index is 106. The van der Waals surface area contributed by atoms with E-state index in [-0.39, 0.29) is 5.48 Å². The van der Waals surface area contributed by atoms with E-state index in [4.69, 9.17) is 4.74 Å². The molecular weight excluding hydrogens is 128 g/mol. The summed E-state index contributed by atoms with van der Waals surface area (Å²) in [6.45, 7) is 8.27. The van der Waals surface area contributed by atoms with E-state index < -0.39 is 0 Å². The van der Waals surface area contributed by atoms with Crippen molar-refractivity contribution in [2.75, 3.05) is 13.2 Å². The molecule has 0 rings (SSSR count). The summed E-state index contributed by atoms with van der Waals surface area (Å²) in [5, 5.41) is 0. The highest BCUT2D eigenvalue weighted by Gasteiger charge is 1.73. The second kappa shape index (κ2) is 11.0. The summed E-state index contributed by atoms with van der Waals surface area (Å²) in [7, 11) is 0. The molecule has 0 bridgehead atoms. The van der Waals surface area contributed by atoms with Crippen molar-refractivity contribution in [2.24, 2.45) is 0 Å². The minimum atomic E-state index is 0. The predicted octanol–water partition coefficient (Wildman–Crippen LogP) is 1.11. The van der Waals surface area contributed by atoms with Crippen molar-refractivity contribution in [3.63, 3.8) is 0 Å². The van der Waals surface area contributed by atoms with Crippen molar-refractivity contribution >= 4 is 0 Å². The van der Waals surface area contributed by atoms with E-state index in [9.17, 15) is 0 Å². The Hall–Kier alpha value is -0.860. The molecule has 0 spiro atoms.